The molecule has 0 spiro atoms. The van der Waals surface area contributed by atoms with Gasteiger partial charge in [-0.3, -0.25) is 0 Å². The summed E-state index contributed by atoms with van der Waals surface area (Å²) in [7, 11) is -9.68. The second kappa shape index (κ2) is 5.73. The zero-order valence-electron chi connectivity index (χ0n) is 7.13. The largest absolute Gasteiger partial charge is 1.00 e. The molecule has 0 bridgehead atoms. The van der Waals surface area contributed by atoms with Crippen molar-refractivity contribution in [1.29, 1.82) is 0 Å². The Morgan fingerprint density at radius 3 is 1.25 bits per heavy atom. The van der Waals surface area contributed by atoms with E-state index in [1.165, 1.54) is 0 Å². The standard InChI is InChI=1S/2H3O5P/c2*1-5-6(2,3)4/h2*1H,(H2,2,3,4). The van der Waals surface area contributed by atoms with Crippen molar-refractivity contribution >= 4 is 15.6 Å². The third kappa shape index (κ3) is 22.5. The molecule has 12 heavy (non-hydrogen) atoms. The number of phosphoric acid groups is 2. The Kier molecular flexibility index (Phi) is 7.00. The minimum absolute atomic E-state index is 0. The van der Waals surface area contributed by atoms with E-state index < -0.39 is 15.6 Å². The predicted molar refractivity (Wildman–Crippen MR) is 29.3 cm³/mol. The first kappa shape index (κ1) is 14.7. The van der Waals surface area contributed by atoms with Crippen LogP contribution in [0.5, 0.6) is 0 Å². The van der Waals surface area contributed by atoms with Gasteiger partial charge >= 0.3 is 10.7 Å². The smallest absolute Gasteiger partial charge is 0.788 e. The fourth-order valence-corrected chi connectivity index (χ4v) is 0. The second-order valence-corrected chi connectivity index (χ2v) is 3.30. The van der Waals surface area contributed by atoms with Crippen molar-refractivity contribution in [3.63, 3.8) is 0 Å². The van der Waals surface area contributed by atoms with Gasteiger partial charge in [-0.15, -0.1) is 4.67 Å². The van der Waals surface area contributed by atoms with Crippen molar-refractivity contribution in [2.75, 3.05) is 0 Å². The highest BCUT2D eigenvalue weighted by molar-refractivity contribution is 7.46. The average molecular weight is 228 g/mol. The van der Waals surface area contributed by atoms with Crippen molar-refractivity contribution in [2.24, 2.45) is 0 Å². The summed E-state index contributed by atoms with van der Waals surface area (Å²) in [5, 5.41) is 14.2. The Labute approximate surface area is 68.3 Å². The summed E-state index contributed by atoms with van der Waals surface area (Å²) in [5.41, 5.74) is 0. The lowest BCUT2D eigenvalue weighted by Crippen LogP contribution is -2.14. The van der Waals surface area contributed by atoms with Crippen LogP contribution in [0.25, 0.3) is 0 Å². The molecule has 0 aromatic carbocycles. The average Bonchev–Trinajstić information content (AvgIpc) is 1.86. The van der Waals surface area contributed by atoms with Gasteiger partial charge in [-0.2, -0.15) is 0 Å². The van der Waals surface area contributed by atoms with Gasteiger partial charge in [0.2, 0.25) is 0 Å². The maximum Gasteiger partial charge on any atom is 1.00 e. The quantitative estimate of drug-likeness (QED) is 0.236. The van der Waals surface area contributed by atoms with Gasteiger partial charge < -0.3 is 24.1 Å². The molecule has 0 radical (unpaired) electrons. The molecular formula is H6O10P2. The molecule has 10 nitrogen and oxygen atoms in total. The Hall–Kier alpha value is 0.140. The van der Waals surface area contributed by atoms with Crippen LogP contribution < -0.4 is 9.79 Å². The number of hydrogen-bond donors (Lipinski definition) is 4. The van der Waals surface area contributed by atoms with Gasteiger partial charge in [0, 0.05) is 0 Å². The van der Waals surface area contributed by atoms with E-state index in [4.69, 9.17) is 34.7 Å². The van der Waals surface area contributed by atoms with E-state index >= 15 is 0 Å². The van der Waals surface area contributed by atoms with E-state index in [0.717, 1.165) is 0 Å². The molecule has 76 valence electrons. The molecule has 0 saturated carbocycles. The van der Waals surface area contributed by atoms with Crippen LogP contribution in [-0.2, 0) is 18.5 Å². The van der Waals surface area contributed by atoms with Gasteiger partial charge in [0.1, 0.15) is 0 Å². The molecule has 0 aromatic heterocycles. The van der Waals surface area contributed by atoms with Gasteiger partial charge in [-0.25, -0.2) is 19.8 Å². The first-order valence-corrected chi connectivity index (χ1v) is 4.85. The topological polar surface area (TPSA) is 180 Å². The highest BCUT2D eigenvalue weighted by Crippen LogP contribution is 2.33. The van der Waals surface area contributed by atoms with Crippen molar-refractivity contribution in [3.8, 4) is 0 Å². The van der Waals surface area contributed by atoms with Gasteiger partial charge in [0.25, 0.3) is 0 Å². The Morgan fingerprint density at radius 1 is 1.08 bits per heavy atom. The Balaban J connectivity index is -0.0000000625. The van der Waals surface area contributed by atoms with Crippen LogP contribution in [0, 0.1) is 0 Å². The SMILES string of the molecule is O=P(O)(O)OO.O=P([O-])([O-])OO.[H+].[H+]. The van der Waals surface area contributed by atoms with Crippen LogP contribution in [0.1, 0.15) is 2.85 Å². The van der Waals surface area contributed by atoms with E-state index in [1.54, 1.807) is 0 Å². The lowest BCUT2D eigenvalue weighted by Gasteiger charge is -2.22. The molecular weight excluding hydrogens is 222 g/mol. The molecule has 4 N–H and O–H groups in total. The van der Waals surface area contributed by atoms with Crippen LogP contribution in [0.2, 0.25) is 0 Å². The summed E-state index contributed by atoms with van der Waals surface area (Å²) in [6, 6.07) is 0. The van der Waals surface area contributed by atoms with E-state index in [9.17, 15) is 4.57 Å². The zero-order valence-corrected chi connectivity index (χ0v) is 6.92. The summed E-state index contributed by atoms with van der Waals surface area (Å²) in [6.45, 7) is 0. The molecule has 0 rings (SSSR count). The van der Waals surface area contributed by atoms with E-state index in [-0.39, 0.29) is 2.85 Å². The van der Waals surface area contributed by atoms with Crippen LogP contribution >= 0.6 is 15.6 Å². The fourth-order valence-electron chi connectivity index (χ4n) is 0. The lowest BCUT2D eigenvalue weighted by atomic mass is 15.0. The molecule has 0 heterocycles. The normalized spacial score (nSPS) is 11.8. The van der Waals surface area contributed by atoms with Gasteiger partial charge in [0.15, 0.2) is 0 Å². The van der Waals surface area contributed by atoms with Crippen LogP contribution in [0.3, 0.4) is 0 Å². The third-order valence-electron chi connectivity index (χ3n) is 0.206. The second-order valence-electron chi connectivity index (χ2n) is 1.10. The monoisotopic (exact) mass is 228 g/mol. The van der Waals surface area contributed by atoms with Crippen molar-refractivity contribution in [3.05, 3.63) is 0 Å². The van der Waals surface area contributed by atoms with Crippen LogP contribution in [0.15, 0.2) is 0 Å². The third-order valence-corrected chi connectivity index (χ3v) is 0.619. The summed E-state index contributed by atoms with van der Waals surface area (Å²) in [4.78, 5) is 32.9. The molecule has 0 fully saturated rings. The molecule has 0 aliphatic rings. The maximum atomic E-state index is 9.22. The minimum Gasteiger partial charge on any atom is -0.788 e. The van der Waals surface area contributed by atoms with Gasteiger partial charge in [-0.05, 0) is 0 Å². The van der Waals surface area contributed by atoms with Crippen molar-refractivity contribution in [1.82, 2.24) is 0 Å². The summed E-state index contributed by atoms with van der Waals surface area (Å²) in [6.07, 6.45) is 0. The summed E-state index contributed by atoms with van der Waals surface area (Å²) >= 11 is 0. The molecule has 0 unspecified atom stereocenters. The molecule has 12 heteroatoms. The molecule has 0 atom stereocenters. The first-order valence-electron chi connectivity index (χ1n) is 1.86. The van der Waals surface area contributed by atoms with Crippen LogP contribution in [0.4, 0.5) is 0 Å². The van der Waals surface area contributed by atoms with E-state index in [1.807, 2.05) is 0 Å². The summed E-state index contributed by atoms with van der Waals surface area (Å²) < 4.78 is 23.2. The maximum absolute atomic E-state index is 9.22. The summed E-state index contributed by atoms with van der Waals surface area (Å²) in [5.74, 6) is 0. The molecule has 0 aromatic rings. The molecule has 0 saturated heterocycles. The van der Waals surface area contributed by atoms with Gasteiger partial charge in [0.05, 0.1) is 7.82 Å². The number of rotatable bonds is 2. The first-order chi connectivity index (χ1) is 5.12. The Morgan fingerprint density at radius 2 is 1.25 bits per heavy atom. The number of hydrogen-bond acceptors (Lipinski definition) is 8. The van der Waals surface area contributed by atoms with Gasteiger partial charge in [-0.1, -0.05) is 0 Å². The van der Waals surface area contributed by atoms with E-state index in [2.05, 4.69) is 9.35 Å². The molecule has 0 amide bonds. The fraction of sp³-hybridized carbons (Fsp3) is 0. The zero-order chi connectivity index (χ0) is 10.4. The van der Waals surface area contributed by atoms with Crippen LogP contribution in [-0.4, -0.2) is 20.3 Å². The molecule has 0 aliphatic heterocycles. The van der Waals surface area contributed by atoms with Crippen molar-refractivity contribution in [2.45, 2.75) is 0 Å². The van der Waals surface area contributed by atoms with Crippen molar-refractivity contribution < 1.29 is 51.4 Å². The highest BCUT2D eigenvalue weighted by atomic mass is 31.2. The highest BCUT2D eigenvalue weighted by Gasteiger charge is 2.10. The Bertz CT molecular complexity index is 166. The molecule has 0 aliphatic carbocycles. The van der Waals surface area contributed by atoms with E-state index in [0.29, 0.717) is 0 Å². The lowest BCUT2D eigenvalue weighted by molar-refractivity contribution is -0.379. The predicted octanol–water partition coefficient (Wildman–Crippen LogP) is -1.90. The minimum atomic E-state index is -5.09.